The average Bonchev–Trinajstić information content (AvgIpc) is 2.81. The number of nitrogen functional groups attached to an aromatic ring is 1. The highest BCUT2D eigenvalue weighted by Crippen LogP contribution is 2.27. The Kier molecular flexibility index (Phi) is 3.53. The van der Waals surface area contributed by atoms with Crippen LogP contribution in [0.3, 0.4) is 0 Å². The van der Waals surface area contributed by atoms with Gasteiger partial charge in [0.05, 0.1) is 21.4 Å². The Morgan fingerprint density at radius 2 is 1.81 bits per heavy atom. The zero-order valence-electron chi connectivity index (χ0n) is 11.1. The van der Waals surface area contributed by atoms with Gasteiger partial charge >= 0.3 is 0 Å². The van der Waals surface area contributed by atoms with E-state index in [2.05, 4.69) is 15.3 Å². The number of aryl methyl sites for hydroxylation is 1. The van der Waals surface area contributed by atoms with Gasteiger partial charge < -0.3 is 5.73 Å². The monoisotopic (exact) mass is 319 g/mol. The Balaban J connectivity index is 1.97. The summed E-state index contributed by atoms with van der Waals surface area (Å²) in [5.41, 5.74) is 8.22. The molecule has 7 heteroatoms. The smallest absolute Gasteiger partial charge is 0.178 e. The predicted octanol–water partition coefficient (Wildman–Crippen LogP) is 3.53. The predicted molar refractivity (Wildman–Crippen MR) is 83.8 cm³/mol. The van der Waals surface area contributed by atoms with E-state index in [0.717, 1.165) is 11.3 Å². The van der Waals surface area contributed by atoms with Gasteiger partial charge in [-0.3, -0.25) is 0 Å². The van der Waals surface area contributed by atoms with Crippen LogP contribution in [0.25, 0.3) is 17.1 Å². The second kappa shape index (κ2) is 5.35. The molecule has 0 aliphatic rings. The zero-order valence-corrected chi connectivity index (χ0v) is 12.6. The molecule has 0 amide bonds. The van der Waals surface area contributed by atoms with Crippen molar-refractivity contribution in [3.05, 3.63) is 52.1 Å². The van der Waals surface area contributed by atoms with Crippen molar-refractivity contribution in [3.8, 4) is 17.1 Å². The van der Waals surface area contributed by atoms with E-state index in [1.165, 1.54) is 0 Å². The summed E-state index contributed by atoms with van der Waals surface area (Å²) >= 11 is 11.9. The molecule has 0 bridgehead atoms. The molecule has 3 aromatic rings. The lowest BCUT2D eigenvalue weighted by molar-refractivity contribution is 0.813. The minimum Gasteiger partial charge on any atom is -0.384 e. The van der Waals surface area contributed by atoms with Crippen molar-refractivity contribution in [1.29, 1.82) is 0 Å². The summed E-state index contributed by atoms with van der Waals surface area (Å²) in [6, 6.07) is 10.7. The number of anilines is 1. The fraction of sp³-hybridized carbons (Fsp3) is 0.0714. The van der Waals surface area contributed by atoms with E-state index in [9.17, 15) is 0 Å². The number of hydrogen-bond acceptors (Lipinski definition) is 4. The molecule has 0 fully saturated rings. The summed E-state index contributed by atoms with van der Waals surface area (Å²) in [6.07, 6.45) is 0. The van der Waals surface area contributed by atoms with E-state index in [4.69, 9.17) is 28.9 Å². The van der Waals surface area contributed by atoms with Gasteiger partial charge in [-0.05, 0) is 31.2 Å². The van der Waals surface area contributed by atoms with Crippen LogP contribution in [0.4, 0.5) is 5.82 Å². The van der Waals surface area contributed by atoms with E-state index in [1.807, 2.05) is 19.1 Å². The molecule has 0 aliphatic carbocycles. The Morgan fingerprint density at radius 1 is 1.00 bits per heavy atom. The first-order valence-electron chi connectivity index (χ1n) is 6.16. The lowest BCUT2D eigenvalue weighted by Gasteiger charge is -2.05. The van der Waals surface area contributed by atoms with Crippen molar-refractivity contribution >= 4 is 29.0 Å². The summed E-state index contributed by atoms with van der Waals surface area (Å²) in [5, 5.41) is 13.6. The first kappa shape index (κ1) is 13.9. The lowest BCUT2D eigenvalue weighted by Crippen LogP contribution is -2.05. The Hall–Kier alpha value is -2.11. The van der Waals surface area contributed by atoms with Crippen molar-refractivity contribution in [1.82, 2.24) is 20.0 Å². The van der Waals surface area contributed by atoms with Crippen molar-refractivity contribution in [3.63, 3.8) is 0 Å². The van der Waals surface area contributed by atoms with Crippen LogP contribution in [0.5, 0.6) is 0 Å². The van der Waals surface area contributed by atoms with Crippen LogP contribution in [0.2, 0.25) is 10.0 Å². The highest BCUT2D eigenvalue weighted by Gasteiger charge is 2.08. The Morgan fingerprint density at radius 3 is 2.38 bits per heavy atom. The van der Waals surface area contributed by atoms with Crippen molar-refractivity contribution < 1.29 is 0 Å². The van der Waals surface area contributed by atoms with Crippen LogP contribution >= 0.6 is 23.2 Å². The molecule has 0 atom stereocenters. The summed E-state index contributed by atoms with van der Waals surface area (Å²) in [4.78, 5) is 0. The van der Waals surface area contributed by atoms with Crippen LogP contribution in [0, 0.1) is 6.92 Å². The number of nitrogens with two attached hydrogens (primary N) is 1. The minimum absolute atomic E-state index is 0.479. The van der Waals surface area contributed by atoms with Gasteiger partial charge in [0.2, 0.25) is 0 Å². The second-order valence-electron chi connectivity index (χ2n) is 4.53. The third-order valence-electron chi connectivity index (χ3n) is 2.94. The highest BCUT2D eigenvalue weighted by atomic mass is 35.5. The molecule has 2 heterocycles. The zero-order chi connectivity index (χ0) is 15.0. The van der Waals surface area contributed by atoms with Crippen molar-refractivity contribution in [2.24, 2.45) is 0 Å². The first-order valence-corrected chi connectivity index (χ1v) is 6.92. The molecule has 0 saturated heterocycles. The van der Waals surface area contributed by atoms with E-state index in [1.54, 1.807) is 28.9 Å². The second-order valence-corrected chi connectivity index (χ2v) is 5.34. The van der Waals surface area contributed by atoms with Gasteiger partial charge in [-0.1, -0.05) is 29.3 Å². The van der Waals surface area contributed by atoms with Crippen LogP contribution < -0.4 is 5.73 Å². The molecule has 2 aromatic heterocycles. The van der Waals surface area contributed by atoms with Gasteiger partial charge in [-0.15, -0.1) is 10.2 Å². The fourth-order valence-corrected chi connectivity index (χ4v) is 2.25. The van der Waals surface area contributed by atoms with Gasteiger partial charge in [0.25, 0.3) is 0 Å². The van der Waals surface area contributed by atoms with Gasteiger partial charge in [0, 0.05) is 11.6 Å². The molecule has 1 aromatic carbocycles. The minimum atomic E-state index is 0.479. The summed E-state index contributed by atoms with van der Waals surface area (Å²) < 4.78 is 1.54. The summed E-state index contributed by atoms with van der Waals surface area (Å²) in [5.74, 6) is 1.08. The van der Waals surface area contributed by atoms with E-state index in [-0.39, 0.29) is 0 Å². The van der Waals surface area contributed by atoms with E-state index < -0.39 is 0 Å². The van der Waals surface area contributed by atoms with Crippen LogP contribution in [0.15, 0.2) is 36.4 Å². The molecule has 0 radical (unpaired) electrons. The fourth-order valence-electron chi connectivity index (χ4n) is 1.95. The normalized spacial score (nSPS) is 10.8. The Labute approximate surface area is 131 Å². The van der Waals surface area contributed by atoms with Crippen molar-refractivity contribution in [2.45, 2.75) is 6.92 Å². The number of benzene rings is 1. The third kappa shape index (κ3) is 2.70. The molecule has 106 valence electrons. The number of rotatable bonds is 2. The van der Waals surface area contributed by atoms with Gasteiger partial charge in [-0.2, -0.15) is 9.78 Å². The third-order valence-corrected chi connectivity index (χ3v) is 3.68. The standard InChI is InChI=1S/C14H11Cl2N5/c1-8-6-13(17)21(20-8)14-5-4-12(18-19-14)9-2-3-10(15)11(16)7-9/h2-7H,17H2,1H3. The van der Waals surface area contributed by atoms with Crippen LogP contribution in [-0.2, 0) is 0 Å². The van der Waals surface area contributed by atoms with Crippen molar-refractivity contribution in [2.75, 3.05) is 5.73 Å². The van der Waals surface area contributed by atoms with Gasteiger partial charge in [-0.25, -0.2) is 0 Å². The van der Waals surface area contributed by atoms with Gasteiger partial charge in [0.1, 0.15) is 5.82 Å². The largest absolute Gasteiger partial charge is 0.384 e. The number of aromatic nitrogens is 4. The topological polar surface area (TPSA) is 69.6 Å². The van der Waals surface area contributed by atoms with E-state index in [0.29, 0.717) is 27.4 Å². The molecule has 5 nitrogen and oxygen atoms in total. The molecule has 2 N–H and O–H groups in total. The van der Waals surface area contributed by atoms with Gasteiger partial charge in [0.15, 0.2) is 5.82 Å². The highest BCUT2D eigenvalue weighted by molar-refractivity contribution is 6.42. The summed E-state index contributed by atoms with van der Waals surface area (Å²) in [6.45, 7) is 1.87. The molecule has 0 unspecified atom stereocenters. The SMILES string of the molecule is Cc1cc(N)n(-c2ccc(-c3ccc(Cl)c(Cl)c3)nn2)n1. The number of halogens is 2. The molecular formula is C14H11Cl2N5. The maximum absolute atomic E-state index is 6.00. The van der Waals surface area contributed by atoms with Crippen LogP contribution in [-0.4, -0.2) is 20.0 Å². The summed E-state index contributed by atoms with van der Waals surface area (Å²) in [7, 11) is 0. The number of hydrogen-bond donors (Lipinski definition) is 1. The molecule has 0 aliphatic heterocycles. The molecule has 21 heavy (non-hydrogen) atoms. The maximum atomic E-state index is 6.00. The molecule has 3 rings (SSSR count). The quantitative estimate of drug-likeness (QED) is 0.784. The molecule has 0 saturated carbocycles. The van der Waals surface area contributed by atoms with E-state index >= 15 is 0 Å². The number of nitrogens with zero attached hydrogens (tertiary/aromatic N) is 4. The first-order chi connectivity index (χ1) is 10.0. The molecular weight excluding hydrogens is 309 g/mol. The van der Waals surface area contributed by atoms with Crippen LogP contribution in [0.1, 0.15) is 5.69 Å². The molecule has 0 spiro atoms. The lowest BCUT2D eigenvalue weighted by atomic mass is 10.1. The maximum Gasteiger partial charge on any atom is 0.178 e. The average molecular weight is 320 g/mol. The Bertz CT molecular complexity index is 796.